The van der Waals surface area contributed by atoms with E-state index in [0.717, 1.165) is 44.6 Å². The van der Waals surface area contributed by atoms with Crippen molar-refractivity contribution in [1.29, 1.82) is 0 Å². The standard InChI is InChI=1S/C17H22FN3O3/c18-14-12-15(21(23)24)13(17(22)20-9-5-2-6-10-20)11-16(14)19-7-3-1-4-8-19/h11-12H,1-10H2. The maximum atomic E-state index is 14.4. The van der Waals surface area contributed by atoms with Gasteiger partial charge in [0.15, 0.2) is 5.82 Å². The molecule has 0 unspecified atom stereocenters. The molecule has 1 aromatic rings. The van der Waals surface area contributed by atoms with Gasteiger partial charge < -0.3 is 9.80 Å². The number of carbonyl (C=O) groups excluding carboxylic acids is 1. The van der Waals surface area contributed by atoms with E-state index < -0.39 is 16.4 Å². The lowest BCUT2D eigenvalue weighted by Gasteiger charge is -2.30. The number of benzene rings is 1. The van der Waals surface area contributed by atoms with Crippen LogP contribution in [0.25, 0.3) is 0 Å². The van der Waals surface area contributed by atoms with Gasteiger partial charge in [-0.25, -0.2) is 4.39 Å². The van der Waals surface area contributed by atoms with Crippen molar-refractivity contribution < 1.29 is 14.1 Å². The number of halogens is 1. The Morgan fingerprint density at radius 1 is 1.00 bits per heavy atom. The van der Waals surface area contributed by atoms with Gasteiger partial charge in [0.05, 0.1) is 16.7 Å². The van der Waals surface area contributed by atoms with Crippen LogP contribution in [0.4, 0.5) is 15.8 Å². The second-order valence-electron chi connectivity index (χ2n) is 6.48. The van der Waals surface area contributed by atoms with Gasteiger partial charge in [0, 0.05) is 26.2 Å². The first-order valence-electron chi connectivity index (χ1n) is 8.60. The lowest BCUT2D eigenvalue weighted by Crippen LogP contribution is -2.36. The SMILES string of the molecule is O=C(c1cc(N2CCCCC2)c(F)cc1[N+](=O)[O-])N1CCCCC1. The zero-order chi connectivity index (χ0) is 17.1. The van der Waals surface area contributed by atoms with Crippen LogP contribution in [-0.2, 0) is 0 Å². The molecule has 0 aromatic heterocycles. The van der Waals surface area contributed by atoms with Crippen molar-refractivity contribution in [3.05, 3.63) is 33.6 Å². The van der Waals surface area contributed by atoms with E-state index in [-0.39, 0.29) is 11.5 Å². The topological polar surface area (TPSA) is 66.7 Å². The Morgan fingerprint density at radius 2 is 1.58 bits per heavy atom. The highest BCUT2D eigenvalue weighted by Gasteiger charge is 2.29. The molecular formula is C17H22FN3O3. The van der Waals surface area contributed by atoms with Gasteiger partial charge in [-0.05, 0) is 44.6 Å². The number of likely N-dealkylation sites (tertiary alicyclic amines) is 1. The van der Waals surface area contributed by atoms with Gasteiger partial charge in [-0.3, -0.25) is 14.9 Å². The summed E-state index contributed by atoms with van der Waals surface area (Å²) >= 11 is 0. The Balaban J connectivity index is 1.98. The molecule has 24 heavy (non-hydrogen) atoms. The average molecular weight is 335 g/mol. The monoisotopic (exact) mass is 335 g/mol. The molecule has 1 aromatic carbocycles. The van der Waals surface area contributed by atoms with Crippen LogP contribution in [0.2, 0.25) is 0 Å². The van der Waals surface area contributed by atoms with Gasteiger partial charge >= 0.3 is 0 Å². The van der Waals surface area contributed by atoms with Crippen molar-refractivity contribution >= 4 is 17.3 Å². The molecule has 0 atom stereocenters. The maximum Gasteiger partial charge on any atom is 0.285 e. The van der Waals surface area contributed by atoms with E-state index in [9.17, 15) is 19.3 Å². The van der Waals surface area contributed by atoms with Crippen molar-refractivity contribution in [2.24, 2.45) is 0 Å². The third-order valence-electron chi connectivity index (χ3n) is 4.83. The lowest BCUT2D eigenvalue weighted by molar-refractivity contribution is -0.385. The molecule has 7 heteroatoms. The first kappa shape index (κ1) is 16.7. The minimum Gasteiger partial charge on any atom is -0.369 e. The Bertz CT molecular complexity index is 638. The number of nitro groups is 1. The number of carbonyl (C=O) groups is 1. The van der Waals surface area contributed by atoms with Gasteiger partial charge in [0.1, 0.15) is 5.56 Å². The minimum absolute atomic E-state index is 0.00359. The fraction of sp³-hybridized carbons (Fsp3) is 0.588. The van der Waals surface area contributed by atoms with E-state index in [1.165, 1.54) is 6.07 Å². The molecule has 2 aliphatic rings. The minimum atomic E-state index is -0.666. The van der Waals surface area contributed by atoms with Crippen LogP contribution in [0, 0.1) is 15.9 Å². The number of hydrogen-bond acceptors (Lipinski definition) is 4. The first-order chi connectivity index (χ1) is 11.6. The molecule has 0 aliphatic carbocycles. The van der Waals surface area contributed by atoms with Crippen molar-refractivity contribution in [3.63, 3.8) is 0 Å². The molecule has 3 rings (SSSR count). The van der Waals surface area contributed by atoms with Crippen LogP contribution in [0.1, 0.15) is 48.9 Å². The highest BCUT2D eigenvalue weighted by Crippen LogP contribution is 2.31. The zero-order valence-corrected chi connectivity index (χ0v) is 13.7. The molecule has 2 saturated heterocycles. The van der Waals surface area contributed by atoms with Crippen LogP contribution in [0.15, 0.2) is 12.1 Å². The van der Waals surface area contributed by atoms with E-state index in [4.69, 9.17) is 0 Å². The van der Waals surface area contributed by atoms with Gasteiger partial charge in [0.25, 0.3) is 11.6 Å². The van der Waals surface area contributed by atoms with Gasteiger partial charge in [-0.1, -0.05) is 0 Å². The number of amides is 1. The largest absolute Gasteiger partial charge is 0.369 e. The Labute approximate surface area is 140 Å². The molecular weight excluding hydrogens is 313 g/mol. The molecule has 2 heterocycles. The highest BCUT2D eigenvalue weighted by molar-refractivity contribution is 5.99. The van der Waals surface area contributed by atoms with Gasteiger partial charge in [0.2, 0.25) is 0 Å². The third kappa shape index (κ3) is 3.34. The first-order valence-corrected chi connectivity index (χ1v) is 8.60. The molecule has 2 aliphatic heterocycles. The van der Waals surface area contributed by atoms with Crippen molar-refractivity contribution in [3.8, 4) is 0 Å². The molecule has 6 nitrogen and oxygen atoms in total. The van der Waals surface area contributed by atoms with Crippen LogP contribution in [0.5, 0.6) is 0 Å². The Morgan fingerprint density at radius 3 is 2.17 bits per heavy atom. The zero-order valence-electron chi connectivity index (χ0n) is 13.7. The van der Waals surface area contributed by atoms with E-state index in [0.29, 0.717) is 31.9 Å². The second-order valence-corrected chi connectivity index (χ2v) is 6.48. The van der Waals surface area contributed by atoms with Gasteiger partial charge in [-0.15, -0.1) is 0 Å². The molecule has 0 N–H and O–H groups in total. The third-order valence-corrected chi connectivity index (χ3v) is 4.83. The summed E-state index contributed by atoms with van der Waals surface area (Å²) < 4.78 is 14.4. The van der Waals surface area contributed by atoms with Crippen molar-refractivity contribution in [2.75, 3.05) is 31.1 Å². The van der Waals surface area contributed by atoms with E-state index in [2.05, 4.69) is 0 Å². The summed E-state index contributed by atoms with van der Waals surface area (Å²) in [6, 6.07) is 2.29. The summed E-state index contributed by atoms with van der Waals surface area (Å²) in [5.41, 5.74) is -0.131. The van der Waals surface area contributed by atoms with Crippen molar-refractivity contribution in [2.45, 2.75) is 38.5 Å². The molecule has 0 bridgehead atoms. The summed E-state index contributed by atoms with van der Waals surface area (Å²) in [6.45, 7) is 2.64. The lowest BCUT2D eigenvalue weighted by atomic mass is 10.0. The van der Waals surface area contributed by atoms with Gasteiger partial charge in [-0.2, -0.15) is 0 Å². The van der Waals surface area contributed by atoms with E-state index >= 15 is 0 Å². The highest BCUT2D eigenvalue weighted by atomic mass is 19.1. The number of rotatable bonds is 3. The fourth-order valence-corrected chi connectivity index (χ4v) is 3.52. The predicted octanol–water partition coefficient (Wildman–Crippen LogP) is 3.35. The van der Waals surface area contributed by atoms with Crippen LogP contribution in [-0.4, -0.2) is 41.9 Å². The van der Waals surface area contributed by atoms with E-state index in [1.807, 2.05) is 4.90 Å². The molecule has 0 radical (unpaired) electrons. The van der Waals surface area contributed by atoms with Crippen LogP contribution < -0.4 is 4.90 Å². The maximum absolute atomic E-state index is 14.4. The second kappa shape index (κ2) is 7.15. The number of nitro benzene ring substituents is 1. The molecule has 0 spiro atoms. The van der Waals surface area contributed by atoms with Crippen molar-refractivity contribution in [1.82, 2.24) is 4.90 Å². The van der Waals surface area contributed by atoms with Crippen LogP contribution in [0.3, 0.4) is 0 Å². The molecule has 0 saturated carbocycles. The van der Waals surface area contributed by atoms with E-state index in [1.54, 1.807) is 4.90 Å². The quantitative estimate of drug-likeness (QED) is 0.627. The molecule has 130 valence electrons. The Kier molecular flexibility index (Phi) is 4.97. The number of piperidine rings is 2. The predicted molar refractivity (Wildman–Crippen MR) is 88.9 cm³/mol. The molecule has 2 fully saturated rings. The summed E-state index contributed by atoms with van der Waals surface area (Å²) in [5, 5.41) is 11.3. The summed E-state index contributed by atoms with van der Waals surface area (Å²) in [6.07, 6.45) is 5.90. The number of nitrogens with zero attached hydrogens (tertiary/aromatic N) is 3. The normalized spacial score (nSPS) is 18.5. The summed E-state index contributed by atoms with van der Waals surface area (Å²) in [5.74, 6) is -0.988. The smallest absolute Gasteiger partial charge is 0.285 e. The number of hydrogen-bond donors (Lipinski definition) is 0. The fourth-order valence-electron chi connectivity index (χ4n) is 3.52. The number of anilines is 1. The Hall–Kier alpha value is -2.18. The average Bonchev–Trinajstić information content (AvgIpc) is 2.62. The summed E-state index contributed by atoms with van der Waals surface area (Å²) in [4.78, 5) is 26.9. The molecule has 1 amide bonds. The van der Waals surface area contributed by atoms with Crippen LogP contribution >= 0.6 is 0 Å². The summed E-state index contributed by atoms with van der Waals surface area (Å²) in [7, 11) is 0.